The molecule has 0 radical (unpaired) electrons. The van der Waals surface area contributed by atoms with Crippen LogP contribution in [0.15, 0.2) is 76.8 Å². The maximum absolute atomic E-state index is 14.0. The van der Waals surface area contributed by atoms with Gasteiger partial charge >= 0.3 is 0 Å². The van der Waals surface area contributed by atoms with E-state index in [0.717, 1.165) is 0 Å². The summed E-state index contributed by atoms with van der Waals surface area (Å²) in [5, 5.41) is 10.9. The molecule has 15 heteroatoms. The van der Waals surface area contributed by atoms with Crippen molar-refractivity contribution in [2.24, 2.45) is 0 Å². The van der Waals surface area contributed by atoms with Crippen LogP contribution in [-0.2, 0) is 20.0 Å². The number of methoxy groups -OCH3 is 4. The minimum atomic E-state index is -4.76. The van der Waals surface area contributed by atoms with Crippen LogP contribution in [0.1, 0.15) is 0 Å². The number of hydrogen-bond acceptors (Lipinski definition) is 11. The van der Waals surface area contributed by atoms with E-state index >= 15 is 0 Å². The second-order valence-electron chi connectivity index (χ2n) is 7.52. The van der Waals surface area contributed by atoms with E-state index in [2.05, 4.69) is 15.5 Å². The molecule has 4 rings (SSSR count). The number of sulfonamides is 2. The lowest BCUT2D eigenvalue weighted by Gasteiger charge is -2.25. The van der Waals surface area contributed by atoms with Crippen LogP contribution >= 0.6 is 0 Å². The van der Waals surface area contributed by atoms with Crippen molar-refractivity contribution in [3.63, 3.8) is 0 Å². The number of anilines is 1. The van der Waals surface area contributed by atoms with Crippen molar-refractivity contribution in [2.75, 3.05) is 32.1 Å². The molecule has 0 spiro atoms. The summed E-state index contributed by atoms with van der Waals surface area (Å²) in [7, 11) is -4.07. The van der Waals surface area contributed by atoms with Gasteiger partial charge in [0, 0.05) is 12.1 Å². The number of rotatable bonds is 10. The van der Waals surface area contributed by atoms with E-state index in [0.29, 0.717) is 9.40 Å². The van der Waals surface area contributed by atoms with Crippen LogP contribution in [0.5, 0.6) is 23.0 Å². The monoisotopic (exact) mass is 561 g/mol. The summed E-state index contributed by atoms with van der Waals surface area (Å²) in [4.78, 5) is -0.709. The summed E-state index contributed by atoms with van der Waals surface area (Å²) in [5.41, 5.74) is 0.130. The predicted octanol–water partition coefficient (Wildman–Crippen LogP) is 2.28. The Labute approximate surface area is 219 Å². The van der Waals surface area contributed by atoms with Crippen LogP contribution in [0, 0.1) is 0 Å². The highest BCUT2D eigenvalue weighted by atomic mass is 32.3. The molecule has 0 amide bonds. The first kappa shape index (κ1) is 26.7. The summed E-state index contributed by atoms with van der Waals surface area (Å²) in [6, 6.07) is 13.3. The summed E-state index contributed by atoms with van der Waals surface area (Å²) >= 11 is 0. The Hall–Kier alpha value is -4.37. The summed E-state index contributed by atoms with van der Waals surface area (Å²) in [6.45, 7) is 0. The van der Waals surface area contributed by atoms with E-state index in [1.54, 1.807) is 6.07 Å². The molecule has 200 valence electrons. The zero-order valence-electron chi connectivity index (χ0n) is 20.7. The first-order valence-electron chi connectivity index (χ1n) is 10.8. The van der Waals surface area contributed by atoms with Crippen LogP contribution < -0.4 is 22.7 Å². The molecule has 1 aromatic heterocycles. The van der Waals surface area contributed by atoms with Gasteiger partial charge in [0.25, 0.3) is 20.0 Å². The third kappa shape index (κ3) is 4.80. The lowest BCUT2D eigenvalue weighted by Crippen LogP contribution is -2.37. The van der Waals surface area contributed by atoms with Crippen molar-refractivity contribution in [1.82, 2.24) is 20.2 Å². The van der Waals surface area contributed by atoms with Gasteiger partial charge in [-0.25, -0.2) is 21.5 Å². The van der Waals surface area contributed by atoms with E-state index in [4.69, 9.17) is 18.9 Å². The fraction of sp³-hybridized carbons (Fsp3) is 0.174. The largest absolute Gasteiger partial charge is 0.493 e. The lowest BCUT2D eigenvalue weighted by molar-refractivity contribution is 0.354. The molecule has 0 fully saturated rings. The molecule has 0 saturated heterocycles. The summed E-state index contributed by atoms with van der Waals surface area (Å²) in [5.74, 6) is 0.724. The van der Waals surface area contributed by atoms with Gasteiger partial charge in [-0.1, -0.05) is 6.07 Å². The second-order valence-corrected chi connectivity index (χ2v) is 11.3. The number of aromatic nitrogens is 4. The Balaban J connectivity index is 1.97. The first-order valence-corrected chi connectivity index (χ1v) is 13.6. The zero-order valence-corrected chi connectivity index (χ0v) is 22.3. The highest BCUT2D eigenvalue weighted by molar-refractivity contribution is 8.10. The van der Waals surface area contributed by atoms with Gasteiger partial charge in [0.15, 0.2) is 23.0 Å². The smallest absolute Gasteiger partial charge is 0.277 e. The van der Waals surface area contributed by atoms with Crippen molar-refractivity contribution >= 4 is 25.7 Å². The van der Waals surface area contributed by atoms with Gasteiger partial charge in [0.1, 0.15) is 6.33 Å². The molecule has 38 heavy (non-hydrogen) atoms. The average Bonchev–Trinajstić information content (AvgIpc) is 3.47. The van der Waals surface area contributed by atoms with Gasteiger partial charge in [-0.05, 0) is 52.9 Å². The van der Waals surface area contributed by atoms with Crippen LogP contribution in [0.3, 0.4) is 0 Å². The van der Waals surface area contributed by atoms with Crippen molar-refractivity contribution in [2.45, 2.75) is 9.79 Å². The maximum Gasteiger partial charge on any atom is 0.277 e. The molecule has 0 aliphatic carbocycles. The van der Waals surface area contributed by atoms with Crippen molar-refractivity contribution in [3.05, 3.63) is 67.0 Å². The Morgan fingerprint density at radius 3 is 1.66 bits per heavy atom. The standard InChI is InChI=1S/C23H23N5O8S2/c1-33-20-10-8-18(13-22(20)35-3)37(29,30)28(17-7-5-6-16(12-17)27-15-24-25-26-27)38(31,32)19-9-11-21(34-2)23(14-19)36-4/h5-15H,1-4H3. The van der Waals surface area contributed by atoms with E-state index in [9.17, 15) is 16.8 Å². The molecule has 1 heterocycles. The molecule has 4 aromatic rings. The SMILES string of the molecule is COc1ccc(S(=O)(=O)N(c2cccc(-n3cnnn3)c2)S(=O)(=O)c2ccc(OC)c(OC)c2)cc1OC. The fourth-order valence-corrected chi connectivity index (χ4v) is 7.29. The molecule has 0 atom stereocenters. The molecule has 3 aromatic carbocycles. The van der Waals surface area contributed by atoms with Crippen LogP contribution in [0.2, 0.25) is 0 Å². The van der Waals surface area contributed by atoms with E-state index in [-0.39, 0.29) is 38.5 Å². The molecule has 0 saturated carbocycles. The number of tetrazole rings is 1. The molecule has 13 nitrogen and oxygen atoms in total. The highest BCUT2D eigenvalue weighted by Crippen LogP contribution is 2.37. The minimum absolute atomic E-state index is 0.0967. The zero-order chi connectivity index (χ0) is 27.5. The third-order valence-electron chi connectivity index (χ3n) is 5.40. The molecular weight excluding hydrogens is 538 g/mol. The average molecular weight is 562 g/mol. The molecule has 0 N–H and O–H groups in total. The van der Waals surface area contributed by atoms with Crippen LogP contribution in [0.4, 0.5) is 5.69 Å². The predicted molar refractivity (Wildman–Crippen MR) is 135 cm³/mol. The van der Waals surface area contributed by atoms with E-state index in [1.807, 2.05) is 0 Å². The Morgan fingerprint density at radius 2 is 1.21 bits per heavy atom. The van der Waals surface area contributed by atoms with Gasteiger partial charge < -0.3 is 18.9 Å². The van der Waals surface area contributed by atoms with Gasteiger partial charge in [-0.3, -0.25) is 0 Å². The highest BCUT2D eigenvalue weighted by Gasteiger charge is 2.38. The van der Waals surface area contributed by atoms with Crippen molar-refractivity contribution in [1.29, 1.82) is 0 Å². The molecule has 0 bridgehead atoms. The van der Waals surface area contributed by atoms with Gasteiger partial charge in [-0.2, -0.15) is 3.71 Å². The van der Waals surface area contributed by atoms with E-state index in [1.165, 1.54) is 94.0 Å². The molecule has 0 aliphatic heterocycles. The fourth-order valence-electron chi connectivity index (χ4n) is 3.58. The number of hydrogen-bond donors (Lipinski definition) is 0. The quantitative estimate of drug-likeness (QED) is 0.280. The Kier molecular flexibility index (Phi) is 7.41. The minimum Gasteiger partial charge on any atom is -0.493 e. The lowest BCUT2D eigenvalue weighted by atomic mass is 10.3. The van der Waals surface area contributed by atoms with Gasteiger partial charge in [0.05, 0.1) is 49.6 Å². The molecular formula is C23H23N5O8S2. The number of ether oxygens (including phenoxy) is 4. The molecule has 0 unspecified atom stereocenters. The normalized spacial score (nSPS) is 11.6. The third-order valence-corrected chi connectivity index (χ3v) is 9.57. The van der Waals surface area contributed by atoms with Crippen molar-refractivity contribution < 1.29 is 35.8 Å². The Morgan fingerprint density at radius 1 is 0.684 bits per heavy atom. The maximum atomic E-state index is 14.0. The summed E-state index contributed by atoms with van der Waals surface area (Å²) in [6.07, 6.45) is 1.29. The van der Waals surface area contributed by atoms with Crippen LogP contribution in [-0.4, -0.2) is 65.5 Å². The van der Waals surface area contributed by atoms with Crippen molar-refractivity contribution in [3.8, 4) is 28.7 Å². The van der Waals surface area contributed by atoms with Crippen LogP contribution in [0.25, 0.3) is 5.69 Å². The number of nitrogens with zero attached hydrogens (tertiary/aromatic N) is 5. The van der Waals surface area contributed by atoms with Gasteiger partial charge in [0.2, 0.25) is 0 Å². The van der Waals surface area contributed by atoms with E-state index < -0.39 is 20.0 Å². The first-order chi connectivity index (χ1) is 18.2. The topological polar surface area (TPSA) is 152 Å². The second kappa shape index (κ2) is 10.5. The van der Waals surface area contributed by atoms with Gasteiger partial charge in [-0.15, -0.1) is 5.10 Å². The Bertz CT molecular complexity index is 1570. The summed E-state index contributed by atoms with van der Waals surface area (Å²) < 4.78 is 78.6. The molecule has 0 aliphatic rings. The number of benzene rings is 3.